The van der Waals surface area contributed by atoms with Crippen LogP contribution in [0.5, 0.6) is 0 Å². The molecular formula is C11H13N3O5. The Labute approximate surface area is 107 Å². The molecule has 0 amide bonds. The number of hydrogen-bond donors (Lipinski definition) is 3. The van der Waals surface area contributed by atoms with Gasteiger partial charge in [-0.05, 0) is 0 Å². The third-order valence-electron chi connectivity index (χ3n) is 3.13. The van der Waals surface area contributed by atoms with Gasteiger partial charge >= 0.3 is 5.69 Å². The fourth-order valence-electron chi connectivity index (χ4n) is 2.18. The summed E-state index contributed by atoms with van der Waals surface area (Å²) in [6.45, 7) is -0.419. The molecule has 0 aromatic carbocycles. The first-order chi connectivity index (χ1) is 9.08. The van der Waals surface area contributed by atoms with Gasteiger partial charge in [-0.1, -0.05) is 0 Å². The Kier molecular flexibility index (Phi) is 3.80. The van der Waals surface area contributed by atoms with Gasteiger partial charge in [0.25, 0.3) is 5.56 Å². The van der Waals surface area contributed by atoms with Gasteiger partial charge in [-0.15, -0.1) is 0 Å². The summed E-state index contributed by atoms with van der Waals surface area (Å²) in [6, 6.07) is 3.05. The lowest BCUT2D eigenvalue weighted by molar-refractivity contribution is -0.0480. The van der Waals surface area contributed by atoms with Crippen molar-refractivity contribution in [3.8, 4) is 6.07 Å². The number of ether oxygens (including phenoxy) is 1. The summed E-state index contributed by atoms with van der Waals surface area (Å²) in [6.07, 6.45) is -1.59. The van der Waals surface area contributed by atoms with Crippen molar-refractivity contribution in [2.45, 2.75) is 24.9 Å². The summed E-state index contributed by atoms with van der Waals surface area (Å²) in [5, 5.41) is 27.8. The normalized spacial score (nSPS) is 30.2. The largest absolute Gasteiger partial charge is 0.394 e. The molecule has 4 atom stereocenters. The summed E-state index contributed by atoms with van der Waals surface area (Å²) in [7, 11) is 0. The quantitative estimate of drug-likeness (QED) is 0.600. The maximum absolute atomic E-state index is 11.7. The van der Waals surface area contributed by atoms with E-state index < -0.39 is 42.2 Å². The van der Waals surface area contributed by atoms with Crippen LogP contribution in [0.3, 0.4) is 0 Å². The molecule has 1 fully saturated rings. The SMILES string of the molecule is N#CC[C@@H]1[C@H](O)[C@@H](CO)O[C@H]1n1ccc(=O)[nH]c1=O. The van der Waals surface area contributed by atoms with Crippen molar-refractivity contribution in [3.05, 3.63) is 33.1 Å². The van der Waals surface area contributed by atoms with Crippen LogP contribution >= 0.6 is 0 Å². The molecule has 8 nitrogen and oxygen atoms in total. The van der Waals surface area contributed by atoms with E-state index in [2.05, 4.69) is 4.98 Å². The molecule has 1 aliphatic heterocycles. The van der Waals surface area contributed by atoms with E-state index in [1.165, 1.54) is 6.20 Å². The molecule has 2 heterocycles. The summed E-state index contributed by atoms with van der Waals surface area (Å²) in [5.74, 6) is -0.647. The Morgan fingerprint density at radius 3 is 2.84 bits per heavy atom. The van der Waals surface area contributed by atoms with Gasteiger partial charge in [0, 0.05) is 24.6 Å². The lowest BCUT2D eigenvalue weighted by Gasteiger charge is -2.19. The minimum Gasteiger partial charge on any atom is -0.394 e. The molecule has 0 bridgehead atoms. The molecule has 19 heavy (non-hydrogen) atoms. The van der Waals surface area contributed by atoms with Crippen LogP contribution in [0.25, 0.3) is 0 Å². The Hall–Kier alpha value is -1.95. The Balaban J connectivity index is 2.39. The number of aromatic nitrogens is 2. The van der Waals surface area contributed by atoms with E-state index in [1.807, 2.05) is 6.07 Å². The lowest BCUT2D eigenvalue weighted by Crippen LogP contribution is -2.34. The van der Waals surface area contributed by atoms with Crippen molar-refractivity contribution in [1.82, 2.24) is 9.55 Å². The van der Waals surface area contributed by atoms with Crippen LogP contribution in [0.4, 0.5) is 0 Å². The van der Waals surface area contributed by atoms with Crippen molar-refractivity contribution >= 4 is 0 Å². The fraction of sp³-hybridized carbons (Fsp3) is 0.545. The highest BCUT2D eigenvalue weighted by Crippen LogP contribution is 2.35. The maximum Gasteiger partial charge on any atom is 0.330 e. The van der Waals surface area contributed by atoms with E-state index >= 15 is 0 Å². The zero-order valence-corrected chi connectivity index (χ0v) is 9.89. The second-order valence-electron chi connectivity index (χ2n) is 4.28. The van der Waals surface area contributed by atoms with E-state index in [-0.39, 0.29) is 6.42 Å². The average Bonchev–Trinajstić information content (AvgIpc) is 2.68. The van der Waals surface area contributed by atoms with E-state index in [1.54, 1.807) is 0 Å². The number of hydrogen-bond acceptors (Lipinski definition) is 6. The van der Waals surface area contributed by atoms with Crippen molar-refractivity contribution < 1.29 is 14.9 Å². The number of aliphatic hydroxyl groups excluding tert-OH is 2. The third kappa shape index (κ3) is 2.44. The van der Waals surface area contributed by atoms with Gasteiger partial charge in [-0.2, -0.15) is 5.26 Å². The molecule has 1 saturated heterocycles. The van der Waals surface area contributed by atoms with Crippen molar-refractivity contribution in [3.63, 3.8) is 0 Å². The molecule has 0 radical (unpaired) electrons. The molecule has 0 saturated carbocycles. The maximum atomic E-state index is 11.7. The van der Waals surface area contributed by atoms with E-state index in [0.717, 1.165) is 10.6 Å². The van der Waals surface area contributed by atoms with Crippen LogP contribution < -0.4 is 11.2 Å². The molecule has 1 aromatic rings. The van der Waals surface area contributed by atoms with Crippen molar-refractivity contribution in [2.75, 3.05) is 6.61 Å². The topological polar surface area (TPSA) is 128 Å². The third-order valence-corrected chi connectivity index (χ3v) is 3.13. The monoisotopic (exact) mass is 267 g/mol. The highest BCUT2D eigenvalue weighted by Gasteiger charge is 2.44. The number of nitrogens with zero attached hydrogens (tertiary/aromatic N) is 2. The molecule has 0 spiro atoms. The van der Waals surface area contributed by atoms with Crippen LogP contribution in [0.1, 0.15) is 12.6 Å². The smallest absolute Gasteiger partial charge is 0.330 e. The first-order valence-corrected chi connectivity index (χ1v) is 5.71. The van der Waals surface area contributed by atoms with Gasteiger partial charge in [0.1, 0.15) is 12.3 Å². The molecule has 2 rings (SSSR count). The number of H-pyrrole nitrogens is 1. The van der Waals surface area contributed by atoms with Crippen molar-refractivity contribution in [1.29, 1.82) is 5.26 Å². The molecule has 102 valence electrons. The van der Waals surface area contributed by atoms with Gasteiger partial charge in [0.15, 0.2) is 0 Å². The summed E-state index contributed by atoms with van der Waals surface area (Å²) >= 11 is 0. The first kappa shape index (κ1) is 13.5. The Morgan fingerprint density at radius 1 is 1.53 bits per heavy atom. The number of nitriles is 1. The zero-order chi connectivity index (χ0) is 14.0. The van der Waals surface area contributed by atoms with Crippen LogP contribution in [0, 0.1) is 17.2 Å². The predicted octanol–water partition coefficient (Wildman–Crippen LogP) is -1.68. The minimum atomic E-state index is -1.05. The van der Waals surface area contributed by atoms with E-state index in [9.17, 15) is 14.7 Å². The van der Waals surface area contributed by atoms with Crippen LogP contribution in [0.15, 0.2) is 21.9 Å². The second-order valence-corrected chi connectivity index (χ2v) is 4.28. The summed E-state index contributed by atoms with van der Waals surface area (Å²) < 4.78 is 6.48. The summed E-state index contributed by atoms with van der Waals surface area (Å²) in [5.41, 5.74) is -1.23. The van der Waals surface area contributed by atoms with Crippen LogP contribution in [-0.4, -0.2) is 38.6 Å². The summed E-state index contributed by atoms with van der Waals surface area (Å²) in [4.78, 5) is 24.7. The molecule has 1 aliphatic rings. The van der Waals surface area contributed by atoms with Gasteiger partial charge < -0.3 is 14.9 Å². The number of aromatic amines is 1. The Morgan fingerprint density at radius 2 is 2.26 bits per heavy atom. The highest BCUT2D eigenvalue weighted by molar-refractivity contribution is 4.95. The second kappa shape index (κ2) is 5.36. The molecule has 0 unspecified atom stereocenters. The molecule has 8 heteroatoms. The Bertz CT molecular complexity index is 601. The number of nitrogens with one attached hydrogen (secondary N) is 1. The molecule has 0 aliphatic carbocycles. The van der Waals surface area contributed by atoms with Crippen LogP contribution in [0.2, 0.25) is 0 Å². The first-order valence-electron chi connectivity index (χ1n) is 5.71. The van der Waals surface area contributed by atoms with Gasteiger partial charge in [-0.25, -0.2) is 4.79 Å². The predicted molar refractivity (Wildman–Crippen MR) is 62.0 cm³/mol. The molecule has 3 N–H and O–H groups in total. The number of aliphatic hydroxyl groups is 2. The van der Waals surface area contributed by atoms with Crippen LogP contribution in [-0.2, 0) is 4.74 Å². The van der Waals surface area contributed by atoms with Gasteiger partial charge in [0.2, 0.25) is 0 Å². The number of rotatable bonds is 3. The lowest BCUT2D eigenvalue weighted by atomic mass is 9.97. The molecule has 1 aromatic heterocycles. The minimum absolute atomic E-state index is 0.0338. The van der Waals surface area contributed by atoms with E-state index in [4.69, 9.17) is 15.1 Å². The van der Waals surface area contributed by atoms with Gasteiger partial charge in [-0.3, -0.25) is 14.3 Å². The zero-order valence-electron chi connectivity index (χ0n) is 9.89. The average molecular weight is 267 g/mol. The molecular weight excluding hydrogens is 254 g/mol. The van der Waals surface area contributed by atoms with E-state index in [0.29, 0.717) is 0 Å². The highest BCUT2D eigenvalue weighted by atomic mass is 16.5. The van der Waals surface area contributed by atoms with Crippen molar-refractivity contribution in [2.24, 2.45) is 5.92 Å². The standard InChI is InChI=1S/C11H13N3O5/c12-3-1-6-9(17)7(5-15)19-10(6)14-4-2-8(16)13-11(14)18/h2,4,6-7,9-10,15,17H,1,5H2,(H,13,16,18)/t6-,7-,9+,10-/m1/s1. The van der Waals surface area contributed by atoms with Gasteiger partial charge in [0.05, 0.1) is 18.8 Å². The fourth-order valence-corrected chi connectivity index (χ4v) is 2.18.